The average Bonchev–Trinajstić information content (AvgIpc) is 2.49. The molecule has 0 saturated carbocycles. The number of aliphatic carboxylic acids is 1. The Bertz CT molecular complexity index is 315. The Morgan fingerprint density at radius 2 is 2.54 bits per heavy atom. The maximum atomic E-state index is 10.2. The molecule has 4 heteroatoms. The Morgan fingerprint density at radius 1 is 1.77 bits per heavy atom. The van der Waals surface area contributed by atoms with Gasteiger partial charge in [0.25, 0.3) is 0 Å². The van der Waals surface area contributed by atoms with Crippen molar-refractivity contribution in [2.24, 2.45) is 0 Å². The molecule has 0 aliphatic heterocycles. The molecule has 0 unspecified atom stereocenters. The Balaban J connectivity index is 2.75. The summed E-state index contributed by atoms with van der Waals surface area (Å²) in [6.45, 7) is 2.06. The molecule has 0 fully saturated rings. The molecule has 0 atom stereocenters. The van der Waals surface area contributed by atoms with Crippen LogP contribution in [0.15, 0.2) is 12.3 Å². The number of carboxylic acid groups (broad SMARTS) is 1. The Labute approximate surface area is 76.3 Å². The Hall–Kier alpha value is -1.58. The van der Waals surface area contributed by atoms with E-state index < -0.39 is 5.97 Å². The number of nitrogens with one attached hydrogen (secondary N) is 1. The molecular weight excluding hydrogens is 168 g/mol. The number of rotatable bonds is 4. The Kier molecular flexibility index (Phi) is 3.25. The average molecular weight is 180 g/mol. The van der Waals surface area contributed by atoms with E-state index in [4.69, 9.17) is 5.11 Å². The number of aromatic nitrogens is 2. The molecule has 4 nitrogen and oxygen atoms in total. The van der Waals surface area contributed by atoms with Gasteiger partial charge in [-0.05, 0) is 12.5 Å². The first-order chi connectivity index (χ1) is 6.24. The van der Waals surface area contributed by atoms with Crippen LogP contribution in [0.2, 0.25) is 0 Å². The maximum absolute atomic E-state index is 10.2. The second-order valence-electron chi connectivity index (χ2n) is 2.73. The summed E-state index contributed by atoms with van der Waals surface area (Å²) in [6, 6.07) is 0. The van der Waals surface area contributed by atoms with E-state index >= 15 is 0 Å². The molecule has 0 bridgehead atoms. The quantitative estimate of drug-likeness (QED) is 0.689. The number of nitrogens with zero attached hydrogens (tertiary/aromatic N) is 1. The van der Waals surface area contributed by atoms with Gasteiger partial charge in [-0.1, -0.05) is 13.3 Å². The van der Waals surface area contributed by atoms with Crippen molar-refractivity contribution in [2.75, 3.05) is 0 Å². The highest BCUT2D eigenvalue weighted by atomic mass is 16.4. The van der Waals surface area contributed by atoms with E-state index in [1.54, 1.807) is 12.3 Å². The molecule has 70 valence electrons. The van der Waals surface area contributed by atoms with Crippen LogP contribution in [0, 0.1) is 0 Å². The van der Waals surface area contributed by atoms with Crippen molar-refractivity contribution >= 4 is 12.0 Å². The second-order valence-corrected chi connectivity index (χ2v) is 2.73. The zero-order valence-electron chi connectivity index (χ0n) is 7.45. The number of hydrogen-bond donors (Lipinski definition) is 2. The van der Waals surface area contributed by atoms with Gasteiger partial charge in [0, 0.05) is 17.3 Å². The number of carboxylic acids is 1. The molecule has 13 heavy (non-hydrogen) atoms. The molecule has 0 aliphatic carbocycles. The molecule has 0 aliphatic rings. The van der Waals surface area contributed by atoms with Gasteiger partial charge in [-0.15, -0.1) is 0 Å². The number of aryl methyl sites for hydroxylation is 1. The lowest BCUT2D eigenvalue weighted by atomic mass is 10.1. The largest absolute Gasteiger partial charge is 0.478 e. The zero-order valence-corrected chi connectivity index (χ0v) is 7.45. The number of H-pyrrole nitrogens is 1. The van der Waals surface area contributed by atoms with E-state index in [0.717, 1.165) is 30.2 Å². The van der Waals surface area contributed by atoms with Gasteiger partial charge >= 0.3 is 5.97 Å². The van der Waals surface area contributed by atoms with Gasteiger partial charge in [0.2, 0.25) is 0 Å². The lowest BCUT2D eigenvalue weighted by molar-refractivity contribution is -0.131. The molecule has 1 aromatic rings. The fraction of sp³-hybridized carbons (Fsp3) is 0.333. The third-order valence-electron chi connectivity index (χ3n) is 1.66. The summed E-state index contributed by atoms with van der Waals surface area (Å²) < 4.78 is 0. The summed E-state index contributed by atoms with van der Waals surface area (Å²) in [5.41, 5.74) is 1.84. The van der Waals surface area contributed by atoms with Crippen LogP contribution in [0.1, 0.15) is 24.6 Å². The van der Waals surface area contributed by atoms with E-state index in [-0.39, 0.29) is 0 Å². The van der Waals surface area contributed by atoms with Gasteiger partial charge < -0.3 is 5.11 Å². The monoisotopic (exact) mass is 180 g/mol. The molecule has 1 rings (SSSR count). The first-order valence-electron chi connectivity index (χ1n) is 4.17. The van der Waals surface area contributed by atoms with Crippen LogP contribution >= 0.6 is 0 Å². The van der Waals surface area contributed by atoms with Gasteiger partial charge in [0.1, 0.15) is 0 Å². The summed E-state index contributed by atoms with van der Waals surface area (Å²) >= 11 is 0. The number of carbonyl (C=O) groups is 1. The highest BCUT2D eigenvalue weighted by molar-refractivity contribution is 5.85. The molecule has 0 radical (unpaired) electrons. The minimum Gasteiger partial charge on any atom is -0.478 e. The fourth-order valence-corrected chi connectivity index (χ4v) is 1.08. The van der Waals surface area contributed by atoms with E-state index in [0.29, 0.717) is 0 Å². The normalized spacial score (nSPS) is 10.8. The molecule has 0 aromatic carbocycles. The van der Waals surface area contributed by atoms with Crippen molar-refractivity contribution in [3.63, 3.8) is 0 Å². The van der Waals surface area contributed by atoms with Crippen molar-refractivity contribution < 1.29 is 9.90 Å². The smallest absolute Gasteiger partial charge is 0.328 e. The van der Waals surface area contributed by atoms with Crippen LogP contribution in [0.3, 0.4) is 0 Å². The van der Waals surface area contributed by atoms with E-state index in [1.807, 2.05) is 0 Å². The van der Waals surface area contributed by atoms with E-state index in [9.17, 15) is 4.79 Å². The molecular formula is C9H12N2O2. The Morgan fingerprint density at radius 3 is 3.15 bits per heavy atom. The predicted octanol–water partition coefficient (Wildman–Crippen LogP) is 1.46. The minimum absolute atomic E-state index is 0.851. The predicted molar refractivity (Wildman–Crippen MR) is 49.3 cm³/mol. The summed E-state index contributed by atoms with van der Waals surface area (Å²) in [4.78, 5) is 10.2. The van der Waals surface area contributed by atoms with Crippen LogP contribution in [0.4, 0.5) is 0 Å². The molecule has 2 N–H and O–H groups in total. The third-order valence-corrected chi connectivity index (χ3v) is 1.66. The van der Waals surface area contributed by atoms with E-state index in [1.165, 1.54) is 0 Å². The van der Waals surface area contributed by atoms with Gasteiger partial charge in [-0.3, -0.25) is 5.10 Å². The molecule has 1 heterocycles. The van der Waals surface area contributed by atoms with Crippen LogP contribution < -0.4 is 0 Å². The minimum atomic E-state index is -0.941. The fourth-order valence-electron chi connectivity index (χ4n) is 1.08. The van der Waals surface area contributed by atoms with Gasteiger partial charge in [0.05, 0.1) is 6.20 Å². The highest BCUT2D eigenvalue weighted by Gasteiger charge is 2.00. The van der Waals surface area contributed by atoms with E-state index in [2.05, 4.69) is 17.1 Å². The number of aromatic amines is 1. The van der Waals surface area contributed by atoms with Crippen LogP contribution in [-0.2, 0) is 11.2 Å². The highest BCUT2D eigenvalue weighted by Crippen LogP contribution is 2.08. The van der Waals surface area contributed by atoms with Gasteiger partial charge in [0.15, 0.2) is 0 Å². The van der Waals surface area contributed by atoms with Crippen LogP contribution in [0.25, 0.3) is 6.08 Å². The summed E-state index contributed by atoms with van der Waals surface area (Å²) in [5.74, 6) is -0.941. The zero-order chi connectivity index (χ0) is 9.68. The maximum Gasteiger partial charge on any atom is 0.328 e. The van der Waals surface area contributed by atoms with Crippen LogP contribution in [0.5, 0.6) is 0 Å². The SMILES string of the molecule is CCCc1[nH]ncc1/C=C/C(=O)O. The molecule has 0 amide bonds. The summed E-state index contributed by atoms with van der Waals surface area (Å²) in [7, 11) is 0. The van der Waals surface area contributed by atoms with Gasteiger partial charge in [-0.2, -0.15) is 5.10 Å². The lowest BCUT2D eigenvalue weighted by Gasteiger charge is -1.93. The second kappa shape index (κ2) is 4.45. The lowest BCUT2D eigenvalue weighted by Crippen LogP contribution is -1.88. The molecule has 0 spiro atoms. The van der Waals surface area contributed by atoms with Crippen molar-refractivity contribution in [3.05, 3.63) is 23.5 Å². The topological polar surface area (TPSA) is 66.0 Å². The number of hydrogen-bond acceptors (Lipinski definition) is 2. The van der Waals surface area contributed by atoms with Crippen molar-refractivity contribution in [3.8, 4) is 0 Å². The van der Waals surface area contributed by atoms with Crippen LogP contribution in [-0.4, -0.2) is 21.3 Å². The summed E-state index contributed by atoms with van der Waals surface area (Å²) in [5, 5.41) is 15.1. The first kappa shape index (κ1) is 9.51. The standard InChI is InChI=1S/C9H12N2O2/c1-2-3-8-7(6-10-11-8)4-5-9(12)13/h4-6H,2-3H2,1H3,(H,10,11)(H,12,13)/b5-4+. The molecule has 1 aromatic heterocycles. The summed E-state index contributed by atoms with van der Waals surface area (Å²) in [6.07, 6.45) is 6.20. The third kappa shape index (κ3) is 2.74. The molecule has 0 saturated heterocycles. The van der Waals surface area contributed by atoms with Crippen molar-refractivity contribution in [1.82, 2.24) is 10.2 Å². The van der Waals surface area contributed by atoms with Crippen molar-refractivity contribution in [1.29, 1.82) is 0 Å². The van der Waals surface area contributed by atoms with Gasteiger partial charge in [-0.25, -0.2) is 4.79 Å². The first-order valence-corrected chi connectivity index (χ1v) is 4.17. The van der Waals surface area contributed by atoms with Crippen molar-refractivity contribution in [2.45, 2.75) is 19.8 Å².